The molecule has 192 valence electrons. The molecule has 0 saturated heterocycles. The SMILES string of the molecule is Cc1nc2cc(C)c(CN(C)c3ccc(C(=O)N[C@@H](CCc4nnn[nH]4)C(=O)O)c(F)c3)cc2c(=O)[nH]1. The molecule has 2 aromatic carbocycles. The third kappa shape index (κ3) is 5.77. The molecule has 13 heteroatoms. The number of fused-ring (bicyclic) bond motifs is 1. The molecule has 0 bridgehead atoms. The molecule has 37 heavy (non-hydrogen) atoms. The second-order valence-electron chi connectivity index (χ2n) is 8.72. The minimum atomic E-state index is -1.26. The smallest absolute Gasteiger partial charge is 0.326 e. The molecule has 0 radical (unpaired) electrons. The fourth-order valence-corrected chi connectivity index (χ4v) is 3.95. The highest BCUT2D eigenvalue weighted by atomic mass is 19.1. The number of halogens is 1. The summed E-state index contributed by atoms with van der Waals surface area (Å²) in [7, 11) is 1.76. The third-order valence-corrected chi connectivity index (χ3v) is 5.99. The molecule has 2 heterocycles. The minimum absolute atomic E-state index is 0.0173. The summed E-state index contributed by atoms with van der Waals surface area (Å²) in [6.45, 7) is 4.00. The van der Waals surface area contributed by atoms with E-state index in [4.69, 9.17) is 0 Å². The summed E-state index contributed by atoms with van der Waals surface area (Å²) in [4.78, 5) is 45.4. The van der Waals surface area contributed by atoms with E-state index in [1.807, 2.05) is 13.0 Å². The van der Waals surface area contributed by atoms with E-state index in [1.165, 1.54) is 12.1 Å². The molecular weight excluding hydrogens is 483 g/mol. The molecule has 0 aliphatic heterocycles. The van der Waals surface area contributed by atoms with Crippen LogP contribution in [-0.2, 0) is 17.8 Å². The molecule has 4 rings (SSSR count). The minimum Gasteiger partial charge on any atom is -0.480 e. The Balaban J connectivity index is 1.47. The Morgan fingerprint density at radius 2 is 2.00 bits per heavy atom. The van der Waals surface area contributed by atoms with Crippen molar-refractivity contribution >= 4 is 28.5 Å². The number of carbonyl (C=O) groups excluding carboxylic acids is 1. The van der Waals surface area contributed by atoms with Crippen molar-refractivity contribution in [3.05, 3.63) is 74.8 Å². The van der Waals surface area contributed by atoms with Gasteiger partial charge in [0.05, 0.1) is 16.5 Å². The molecule has 4 N–H and O–H groups in total. The Kier molecular flexibility index (Phi) is 7.22. The van der Waals surface area contributed by atoms with Gasteiger partial charge in [-0.25, -0.2) is 19.3 Å². The van der Waals surface area contributed by atoms with Gasteiger partial charge in [-0.3, -0.25) is 9.59 Å². The number of aromatic amines is 2. The van der Waals surface area contributed by atoms with Gasteiger partial charge < -0.3 is 20.3 Å². The summed E-state index contributed by atoms with van der Waals surface area (Å²) < 4.78 is 14.9. The van der Waals surface area contributed by atoms with Crippen molar-refractivity contribution in [2.24, 2.45) is 0 Å². The number of amides is 1. The van der Waals surface area contributed by atoms with E-state index >= 15 is 0 Å². The lowest BCUT2D eigenvalue weighted by atomic mass is 10.0. The molecule has 2 aromatic heterocycles. The second-order valence-corrected chi connectivity index (χ2v) is 8.72. The predicted octanol–water partition coefficient (Wildman–Crippen LogP) is 1.64. The van der Waals surface area contributed by atoms with E-state index in [-0.39, 0.29) is 24.0 Å². The maximum absolute atomic E-state index is 14.9. The summed E-state index contributed by atoms with van der Waals surface area (Å²) in [6, 6.07) is 6.44. The molecule has 1 amide bonds. The summed E-state index contributed by atoms with van der Waals surface area (Å²) in [5.41, 5.74) is 2.37. The summed E-state index contributed by atoms with van der Waals surface area (Å²) >= 11 is 0. The van der Waals surface area contributed by atoms with Crippen LogP contribution in [-0.4, -0.2) is 60.7 Å². The van der Waals surface area contributed by atoms with E-state index in [2.05, 4.69) is 35.9 Å². The van der Waals surface area contributed by atoms with Gasteiger partial charge in [-0.2, -0.15) is 0 Å². The fourth-order valence-electron chi connectivity index (χ4n) is 3.95. The van der Waals surface area contributed by atoms with Crippen molar-refractivity contribution in [1.82, 2.24) is 35.9 Å². The van der Waals surface area contributed by atoms with Crippen LogP contribution in [0, 0.1) is 19.7 Å². The number of carboxylic acids is 1. The number of carbonyl (C=O) groups is 2. The number of aromatic nitrogens is 6. The highest BCUT2D eigenvalue weighted by Gasteiger charge is 2.23. The number of benzene rings is 2. The first-order valence-electron chi connectivity index (χ1n) is 11.4. The number of carboxylic acid groups (broad SMARTS) is 1. The molecule has 12 nitrogen and oxygen atoms in total. The van der Waals surface area contributed by atoms with Crippen LogP contribution in [0.3, 0.4) is 0 Å². The number of aliphatic carboxylic acids is 1. The number of H-pyrrole nitrogens is 2. The Hall–Kier alpha value is -4.68. The first kappa shape index (κ1) is 25.4. The molecule has 0 fully saturated rings. The van der Waals surface area contributed by atoms with Gasteiger partial charge in [0.25, 0.3) is 11.5 Å². The van der Waals surface area contributed by atoms with Crippen molar-refractivity contribution < 1.29 is 19.1 Å². The number of nitrogens with zero attached hydrogens (tertiary/aromatic N) is 5. The molecule has 1 atom stereocenters. The van der Waals surface area contributed by atoms with Crippen molar-refractivity contribution in [3.63, 3.8) is 0 Å². The first-order valence-corrected chi connectivity index (χ1v) is 11.4. The zero-order valence-corrected chi connectivity index (χ0v) is 20.4. The Bertz CT molecular complexity index is 1520. The number of nitrogens with one attached hydrogen (secondary N) is 3. The van der Waals surface area contributed by atoms with Crippen LogP contribution in [0.2, 0.25) is 0 Å². The average molecular weight is 509 g/mol. The Morgan fingerprint density at radius 3 is 2.68 bits per heavy atom. The van der Waals surface area contributed by atoms with Crippen LogP contribution in [0.25, 0.3) is 10.9 Å². The summed E-state index contributed by atoms with van der Waals surface area (Å²) in [6.07, 6.45) is 0.204. The highest BCUT2D eigenvalue weighted by molar-refractivity contribution is 5.97. The number of hydrogen-bond acceptors (Lipinski definition) is 8. The van der Waals surface area contributed by atoms with E-state index in [9.17, 15) is 23.9 Å². The van der Waals surface area contributed by atoms with E-state index < -0.39 is 23.7 Å². The molecule has 4 aromatic rings. The number of aryl methyl sites for hydroxylation is 3. The van der Waals surface area contributed by atoms with Crippen molar-refractivity contribution in [3.8, 4) is 0 Å². The average Bonchev–Trinajstić information content (AvgIpc) is 3.35. The van der Waals surface area contributed by atoms with Gasteiger partial charge in [0.1, 0.15) is 23.5 Å². The molecular formula is C24H25FN8O4. The van der Waals surface area contributed by atoms with Gasteiger partial charge in [-0.05, 0) is 72.2 Å². The van der Waals surface area contributed by atoms with Crippen LogP contribution in [0.5, 0.6) is 0 Å². The molecule has 0 aliphatic rings. The van der Waals surface area contributed by atoms with Crippen LogP contribution >= 0.6 is 0 Å². The van der Waals surface area contributed by atoms with Crippen LogP contribution in [0.1, 0.15) is 39.6 Å². The molecule has 0 saturated carbocycles. The molecule has 0 aliphatic carbocycles. The van der Waals surface area contributed by atoms with Crippen LogP contribution in [0.15, 0.2) is 35.1 Å². The second kappa shape index (κ2) is 10.5. The lowest BCUT2D eigenvalue weighted by molar-refractivity contribution is -0.139. The molecule has 0 spiro atoms. The van der Waals surface area contributed by atoms with Crippen molar-refractivity contribution in [2.45, 2.75) is 39.3 Å². The summed E-state index contributed by atoms with van der Waals surface area (Å²) in [5, 5.41) is 25.3. The number of hydrogen-bond donors (Lipinski definition) is 4. The number of anilines is 1. The van der Waals surface area contributed by atoms with Gasteiger partial charge >= 0.3 is 5.97 Å². The fraction of sp³-hybridized carbons (Fsp3) is 0.292. The van der Waals surface area contributed by atoms with Crippen molar-refractivity contribution in [2.75, 3.05) is 11.9 Å². The van der Waals surface area contributed by atoms with Crippen molar-refractivity contribution in [1.29, 1.82) is 0 Å². The quantitative estimate of drug-likeness (QED) is 0.262. The van der Waals surface area contributed by atoms with E-state index in [0.717, 1.165) is 11.1 Å². The third-order valence-electron chi connectivity index (χ3n) is 5.99. The zero-order chi connectivity index (χ0) is 26.7. The Morgan fingerprint density at radius 1 is 1.22 bits per heavy atom. The molecule has 0 unspecified atom stereocenters. The van der Waals surface area contributed by atoms with Crippen LogP contribution < -0.4 is 15.8 Å². The predicted molar refractivity (Wildman–Crippen MR) is 132 cm³/mol. The van der Waals surface area contributed by atoms with Gasteiger partial charge in [-0.15, -0.1) is 5.10 Å². The highest BCUT2D eigenvalue weighted by Crippen LogP contribution is 2.23. The van der Waals surface area contributed by atoms with Gasteiger partial charge in [0.2, 0.25) is 0 Å². The maximum Gasteiger partial charge on any atom is 0.326 e. The topological polar surface area (TPSA) is 170 Å². The first-order chi connectivity index (χ1) is 17.6. The normalized spacial score (nSPS) is 11.9. The monoisotopic (exact) mass is 508 g/mol. The zero-order valence-electron chi connectivity index (χ0n) is 20.4. The summed E-state index contributed by atoms with van der Waals surface area (Å²) in [5.74, 6) is -1.99. The van der Waals surface area contributed by atoms with Gasteiger partial charge in [0, 0.05) is 25.7 Å². The van der Waals surface area contributed by atoms with E-state index in [0.29, 0.717) is 34.8 Å². The van der Waals surface area contributed by atoms with Gasteiger partial charge in [-0.1, -0.05) is 0 Å². The van der Waals surface area contributed by atoms with Crippen LogP contribution in [0.4, 0.5) is 10.1 Å². The largest absolute Gasteiger partial charge is 0.480 e. The lowest BCUT2D eigenvalue weighted by Gasteiger charge is -2.22. The standard InChI is InChI=1S/C24H25FN8O4/c1-12-8-20-17(23(35)27-13(2)26-20)9-14(12)11-33(3)15-4-5-16(18(25)10-15)22(34)28-19(24(36)37)6-7-21-29-31-32-30-21/h4-5,8-10,19H,6-7,11H2,1-3H3,(H,28,34)(H,36,37)(H,26,27,35)(H,29,30,31,32)/t19-/m0/s1. The van der Waals surface area contributed by atoms with Gasteiger partial charge in [0.15, 0.2) is 0 Å². The number of rotatable bonds is 9. The van der Waals surface area contributed by atoms with E-state index in [1.54, 1.807) is 31.0 Å². The lowest BCUT2D eigenvalue weighted by Crippen LogP contribution is -2.41. The maximum atomic E-state index is 14.9. The Labute approximate surface area is 209 Å². The number of tetrazole rings is 1.